The Morgan fingerprint density at radius 1 is 1.00 bits per heavy atom. The molecular weight excluding hydrogens is 276 g/mol. The summed E-state index contributed by atoms with van der Waals surface area (Å²) in [5.74, 6) is 1.40. The number of carbonyl (C=O) groups is 1. The fraction of sp³-hybridized carbons (Fsp3) is 0.211. The van der Waals surface area contributed by atoms with E-state index in [1.807, 2.05) is 50.2 Å². The van der Waals surface area contributed by atoms with E-state index >= 15 is 0 Å². The summed E-state index contributed by atoms with van der Waals surface area (Å²) in [7, 11) is 3.21. The molecule has 0 spiro atoms. The van der Waals surface area contributed by atoms with Crippen LogP contribution < -0.4 is 9.47 Å². The number of ether oxygens (including phenoxy) is 2. The van der Waals surface area contributed by atoms with Gasteiger partial charge in [0.15, 0.2) is 5.78 Å². The van der Waals surface area contributed by atoms with Crippen LogP contribution in [0.2, 0.25) is 0 Å². The van der Waals surface area contributed by atoms with Crippen molar-refractivity contribution in [2.45, 2.75) is 13.8 Å². The van der Waals surface area contributed by atoms with E-state index in [1.54, 1.807) is 26.4 Å². The molecule has 114 valence electrons. The first-order valence-electron chi connectivity index (χ1n) is 7.07. The van der Waals surface area contributed by atoms with Gasteiger partial charge in [-0.25, -0.2) is 0 Å². The van der Waals surface area contributed by atoms with Gasteiger partial charge in [0, 0.05) is 11.1 Å². The summed E-state index contributed by atoms with van der Waals surface area (Å²) >= 11 is 0. The second-order valence-electron chi connectivity index (χ2n) is 5.12. The van der Waals surface area contributed by atoms with E-state index in [-0.39, 0.29) is 5.78 Å². The predicted octanol–water partition coefficient (Wildman–Crippen LogP) is 4.22. The van der Waals surface area contributed by atoms with Gasteiger partial charge in [0.25, 0.3) is 0 Å². The summed E-state index contributed by atoms with van der Waals surface area (Å²) in [5, 5.41) is 0. The highest BCUT2D eigenvalue weighted by atomic mass is 16.5. The van der Waals surface area contributed by atoms with Gasteiger partial charge >= 0.3 is 0 Å². The molecule has 22 heavy (non-hydrogen) atoms. The topological polar surface area (TPSA) is 35.5 Å². The van der Waals surface area contributed by atoms with Crippen LogP contribution in [-0.2, 0) is 0 Å². The normalized spacial score (nSPS) is 10.7. The molecule has 0 aliphatic heterocycles. The van der Waals surface area contributed by atoms with Crippen LogP contribution in [0.1, 0.15) is 27.0 Å². The molecule has 0 saturated carbocycles. The molecule has 3 nitrogen and oxygen atoms in total. The second kappa shape index (κ2) is 6.94. The minimum absolute atomic E-state index is 0.0256. The first-order chi connectivity index (χ1) is 10.5. The summed E-state index contributed by atoms with van der Waals surface area (Å²) in [6.07, 6.45) is 3.32. The van der Waals surface area contributed by atoms with E-state index in [9.17, 15) is 4.79 Å². The number of hydrogen-bond acceptors (Lipinski definition) is 3. The van der Waals surface area contributed by atoms with Crippen molar-refractivity contribution in [2.75, 3.05) is 14.2 Å². The van der Waals surface area contributed by atoms with Crippen molar-refractivity contribution in [2.24, 2.45) is 0 Å². The highest BCUT2D eigenvalue weighted by Gasteiger charge is 2.07. The van der Waals surface area contributed by atoms with E-state index in [0.717, 1.165) is 22.4 Å². The quantitative estimate of drug-likeness (QED) is 0.612. The van der Waals surface area contributed by atoms with E-state index in [2.05, 4.69) is 0 Å². The molecule has 2 rings (SSSR count). The number of hydrogen-bond donors (Lipinski definition) is 0. The number of benzene rings is 2. The number of allylic oxidation sites excluding steroid dienone is 1. The molecule has 0 aliphatic rings. The van der Waals surface area contributed by atoms with Crippen molar-refractivity contribution < 1.29 is 14.3 Å². The maximum absolute atomic E-state index is 12.3. The Morgan fingerprint density at radius 2 is 1.77 bits per heavy atom. The second-order valence-corrected chi connectivity index (χ2v) is 5.12. The lowest BCUT2D eigenvalue weighted by Crippen LogP contribution is -1.98. The Hall–Kier alpha value is -2.55. The van der Waals surface area contributed by atoms with Crippen LogP contribution in [-0.4, -0.2) is 20.0 Å². The van der Waals surface area contributed by atoms with Gasteiger partial charge in [-0.3, -0.25) is 4.79 Å². The van der Waals surface area contributed by atoms with Gasteiger partial charge in [0.1, 0.15) is 11.5 Å². The van der Waals surface area contributed by atoms with Crippen LogP contribution in [0.25, 0.3) is 6.08 Å². The third-order valence-corrected chi connectivity index (χ3v) is 3.50. The Balaban J connectivity index is 2.29. The van der Waals surface area contributed by atoms with Crippen LogP contribution in [0.3, 0.4) is 0 Å². The highest BCUT2D eigenvalue weighted by molar-refractivity contribution is 6.07. The van der Waals surface area contributed by atoms with Crippen molar-refractivity contribution in [1.82, 2.24) is 0 Å². The molecule has 0 fully saturated rings. The minimum atomic E-state index is -0.0256. The monoisotopic (exact) mass is 296 g/mol. The lowest BCUT2D eigenvalue weighted by molar-refractivity contribution is 0.104. The molecule has 0 heterocycles. The average Bonchev–Trinajstić information content (AvgIpc) is 2.52. The average molecular weight is 296 g/mol. The van der Waals surface area contributed by atoms with Crippen molar-refractivity contribution in [3.63, 3.8) is 0 Å². The molecule has 2 aromatic rings. The first kappa shape index (κ1) is 15.8. The van der Waals surface area contributed by atoms with Gasteiger partial charge in [0.05, 0.1) is 14.2 Å². The Labute approximate surface area is 131 Å². The van der Waals surface area contributed by atoms with Crippen LogP contribution in [0.4, 0.5) is 0 Å². The van der Waals surface area contributed by atoms with Gasteiger partial charge in [-0.15, -0.1) is 0 Å². The van der Waals surface area contributed by atoms with Crippen molar-refractivity contribution >= 4 is 11.9 Å². The number of rotatable bonds is 5. The summed E-state index contributed by atoms with van der Waals surface area (Å²) < 4.78 is 10.5. The Bertz CT molecular complexity index is 715. The molecule has 0 radical (unpaired) electrons. The SMILES string of the molecule is COc1ccc(OC)c(/C=C/C(=O)c2ccc(C)cc2C)c1. The number of ketones is 1. The Kier molecular flexibility index (Phi) is 4.99. The van der Waals surface area contributed by atoms with Gasteiger partial charge in [-0.05, 0) is 49.8 Å². The zero-order chi connectivity index (χ0) is 16.1. The van der Waals surface area contributed by atoms with Crippen molar-refractivity contribution in [3.05, 3.63) is 64.7 Å². The van der Waals surface area contributed by atoms with E-state index in [4.69, 9.17) is 9.47 Å². The molecule has 0 unspecified atom stereocenters. The minimum Gasteiger partial charge on any atom is -0.497 e. The molecule has 0 aliphatic carbocycles. The van der Waals surface area contributed by atoms with Gasteiger partial charge in [-0.2, -0.15) is 0 Å². The molecule has 0 N–H and O–H groups in total. The fourth-order valence-corrected chi connectivity index (χ4v) is 2.31. The zero-order valence-electron chi connectivity index (χ0n) is 13.3. The van der Waals surface area contributed by atoms with Crippen LogP contribution in [0.5, 0.6) is 11.5 Å². The van der Waals surface area contributed by atoms with Crippen LogP contribution in [0, 0.1) is 13.8 Å². The summed E-state index contributed by atoms with van der Waals surface area (Å²) in [6, 6.07) is 11.3. The van der Waals surface area contributed by atoms with Gasteiger partial charge in [-0.1, -0.05) is 23.8 Å². The fourth-order valence-electron chi connectivity index (χ4n) is 2.31. The van der Waals surface area contributed by atoms with Crippen molar-refractivity contribution in [1.29, 1.82) is 0 Å². The summed E-state index contributed by atoms with van der Waals surface area (Å²) in [4.78, 5) is 12.3. The van der Waals surface area contributed by atoms with E-state index in [1.165, 1.54) is 0 Å². The first-order valence-corrected chi connectivity index (χ1v) is 7.07. The summed E-state index contributed by atoms with van der Waals surface area (Å²) in [6.45, 7) is 3.96. The van der Waals surface area contributed by atoms with Crippen LogP contribution in [0.15, 0.2) is 42.5 Å². The lowest BCUT2D eigenvalue weighted by atomic mass is 10.0. The number of methoxy groups -OCH3 is 2. The maximum atomic E-state index is 12.3. The van der Waals surface area contributed by atoms with Gasteiger partial charge in [0.2, 0.25) is 0 Å². The zero-order valence-corrected chi connectivity index (χ0v) is 13.3. The maximum Gasteiger partial charge on any atom is 0.186 e. The predicted molar refractivity (Wildman–Crippen MR) is 88.8 cm³/mol. The molecule has 0 bridgehead atoms. The van der Waals surface area contributed by atoms with E-state index in [0.29, 0.717) is 11.3 Å². The largest absolute Gasteiger partial charge is 0.497 e. The molecule has 0 aromatic heterocycles. The third-order valence-electron chi connectivity index (χ3n) is 3.50. The molecular formula is C19H20O3. The van der Waals surface area contributed by atoms with Gasteiger partial charge < -0.3 is 9.47 Å². The smallest absolute Gasteiger partial charge is 0.186 e. The standard InChI is InChI=1S/C19H20O3/c1-13-5-8-17(14(2)11-13)18(20)9-6-15-12-16(21-3)7-10-19(15)22-4/h5-12H,1-4H3/b9-6+. The molecule has 2 aromatic carbocycles. The molecule has 0 atom stereocenters. The van der Waals surface area contributed by atoms with Crippen LogP contribution >= 0.6 is 0 Å². The molecule has 3 heteroatoms. The van der Waals surface area contributed by atoms with E-state index < -0.39 is 0 Å². The lowest BCUT2D eigenvalue weighted by Gasteiger charge is -2.07. The van der Waals surface area contributed by atoms with Crippen molar-refractivity contribution in [3.8, 4) is 11.5 Å². The number of carbonyl (C=O) groups excluding carboxylic acids is 1. The molecule has 0 amide bonds. The Morgan fingerprint density at radius 3 is 2.41 bits per heavy atom. The highest BCUT2D eigenvalue weighted by Crippen LogP contribution is 2.25. The number of aryl methyl sites for hydroxylation is 2. The third kappa shape index (κ3) is 3.55. The molecule has 0 saturated heterocycles. The summed E-state index contributed by atoms with van der Waals surface area (Å²) in [5.41, 5.74) is 3.64.